The summed E-state index contributed by atoms with van der Waals surface area (Å²) in [5, 5.41) is 0. The summed E-state index contributed by atoms with van der Waals surface area (Å²) < 4.78 is 15.3. The van der Waals surface area contributed by atoms with E-state index in [4.69, 9.17) is 9.47 Å². The van der Waals surface area contributed by atoms with Crippen molar-refractivity contribution >= 4 is 11.8 Å². The summed E-state index contributed by atoms with van der Waals surface area (Å²) >= 11 is 0. The van der Waals surface area contributed by atoms with Gasteiger partial charge in [0.1, 0.15) is 0 Å². The first kappa shape index (κ1) is 24.3. The topological polar surface area (TPSA) is 66.8 Å². The molecule has 0 spiro atoms. The number of carbonyl (C=O) groups is 2. The van der Waals surface area contributed by atoms with Crippen LogP contribution < -0.4 is 9.13 Å². The number of morpholine rings is 2. The first-order valence-electron chi connectivity index (χ1n) is 12.1. The van der Waals surface area contributed by atoms with Gasteiger partial charge in [0.2, 0.25) is 13.1 Å². The minimum absolute atomic E-state index is 0.0669. The van der Waals surface area contributed by atoms with Gasteiger partial charge in [0.25, 0.3) is 11.8 Å². The Balaban J connectivity index is 1.33. The monoisotopic (exact) mass is 468 g/mol. The molecule has 2 aliphatic rings. The molecule has 4 heterocycles. The molecular formula is C26H36N4O4+2. The Bertz CT molecular complexity index is 893. The van der Waals surface area contributed by atoms with Gasteiger partial charge in [-0.15, -0.1) is 0 Å². The van der Waals surface area contributed by atoms with Crippen LogP contribution in [0, 0.1) is 0 Å². The molecule has 0 aliphatic carbocycles. The number of rotatable bonds is 5. The lowest BCUT2D eigenvalue weighted by Gasteiger charge is -2.34. The summed E-state index contributed by atoms with van der Waals surface area (Å²) in [6.07, 6.45) is 8.01. The number of amides is 2. The lowest BCUT2D eigenvalue weighted by Crippen LogP contribution is -2.52. The maximum absolute atomic E-state index is 12.7. The van der Waals surface area contributed by atoms with E-state index >= 15 is 0 Å². The van der Waals surface area contributed by atoms with Crippen molar-refractivity contribution in [3.8, 4) is 11.1 Å². The lowest BCUT2D eigenvalue weighted by molar-refractivity contribution is -0.685. The fourth-order valence-electron chi connectivity index (χ4n) is 4.79. The van der Waals surface area contributed by atoms with E-state index in [1.54, 1.807) is 0 Å². The van der Waals surface area contributed by atoms with Crippen molar-refractivity contribution in [2.45, 2.75) is 65.2 Å². The Labute approximate surface area is 201 Å². The third-order valence-electron chi connectivity index (χ3n) is 6.30. The Morgan fingerprint density at radius 1 is 0.676 bits per heavy atom. The molecule has 2 aromatic heterocycles. The number of nitrogens with zero attached hydrogens (tertiary/aromatic N) is 4. The van der Waals surface area contributed by atoms with E-state index < -0.39 is 0 Å². The maximum Gasteiger partial charge on any atom is 0.288 e. The second-order valence-electron chi connectivity index (χ2n) is 9.63. The zero-order valence-corrected chi connectivity index (χ0v) is 20.6. The second-order valence-corrected chi connectivity index (χ2v) is 9.63. The van der Waals surface area contributed by atoms with Crippen molar-refractivity contribution in [2.75, 3.05) is 26.2 Å². The van der Waals surface area contributed by atoms with Crippen LogP contribution in [0.2, 0.25) is 0 Å². The van der Waals surface area contributed by atoms with Gasteiger partial charge in [0.15, 0.2) is 24.8 Å². The molecule has 4 atom stereocenters. The molecule has 2 amide bonds. The van der Waals surface area contributed by atoms with Gasteiger partial charge in [0, 0.05) is 50.4 Å². The fraction of sp³-hybridized carbons (Fsp3) is 0.538. The van der Waals surface area contributed by atoms with Gasteiger partial charge in [-0.3, -0.25) is 9.59 Å². The van der Waals surface area contributed by atoms with Crippen LogP contribution in [0.5, 0.6) is 0 Å². The SMILES string of the molecule is CC1CN(C(=O)C[n+]2ccc(-c3cc[n+](CC(=O)N4CC(C)OC(C)C4)cc3)cc2)CC(C)O1. The third kappa shape index (κ3) is 6.18. The van der Waals surface area contributed by atoms with Gasteiger partial charge in [-0.05, 0) is 38.8 Å². The summed E-state index contributed by atoms with van der Waals surface area (Å²) in [5.74, 6) is 0.212. The molecule has 8 heteroatoms. The minimum atomic E-state index is 0.0669. The Kier molecular flexibility index (Phi) is 7.58. The maximum atomic E-state index is 12.7. The smallest absolute Gasteiger partial charge is 0.288 e. The van der Waals surface area contributed by atoms with Crippen molar-refractivity contribution in [1.82, 2.24) is 9.80 Å². The molecule has 0 bridgehead atoms. The molecule has 4 unspecified atom stereocenters. The van der Waals surface area contributed by atoms with Crippen molar-refractivity contribution in [3.63, 3.8) is 0 Å². The van der Waals surface area contributed by atoms with E-state index in [1.165, 1.54) is 0 Å². The Morgan fingerprint density at radius 2 is 0.971 bits per heavy atom. The summed E-state index contributed by atoms with van der Waals surface area (Å²) in [5.41, 5.74) is 2.12. The standard InChI is InChI=1S/C26H36N4O4/c1-19-13-29(14-20(2)33-19)25(31)17-27-9-5-23(6-10-27)24-7-11-28(12-8-24)18-26(32)30-15-21(3)34-22(4)16-30/h5-12,19-22H,13-18H2,1-4H3/q+2. The highest BCUT2D eigenvalue weighted by molar-refractivity contribution is 5.75. The first-order valence-corrected chi connectivity index (χ1v) is 12.1. The number of hydrogen-bond acceptors (Lipinski definition) is 4. The third-order valence-corrected chi connectivity index (χ3v) is 6.30. The van der Waals surface area contributed by atoms with Gasteiger partial charge in [0.05, 0.1) is 24.4 Å². The summed E-state index contributed by atoms with van der Waals surface area (Å²) in [7, 11) is 0. The van der Waals surface area contributed by atoms with Crippen LogP contribution in [0.1, 0.15) is 27.7 Å². The predicted octanol–water partition coefficient (Wildman–Crippen LogP) is 1.20. The summed E-state index contributed by atoms with van der Waals surface area (Å²) in [4.78, 5) is 29.2. The lowest BCUT2D eigenvalue weighted by atomic mass is 10.1. The number of hydrogen-bond donors (Lipinski definition) is 0. The highest BCUT2D eigenvalue weighted by Gasteiger charge is 2.28. The quantitative estimate of drug-likeness (QED) is 0.619. The van der Waals surface area contributed by atoms with Crippen LogP contribution in [0.4, 0.5) is 0 Å². The highest BCUT2D eigenvalue weighted by atomic mass is 16.5. The van der Waals surface area contributed by atoms with Gasteiger partial charge in [-0.2, -0.15) is 9.13 Å². The van der Waals surface area contributed by atoms with E-state index in [2.05, 4.69) is 0 Å². The molecule has 0 radical (unpaired) electrons. The molecule has 8 nitrogen and oxygen atoms in total. The molecule has 0 N–H and O–H groups in total. The van der Waals surface area contributed by atoms with Crippen LogP contribution >= 0.6 is 0 Å². The molecule has 34 heavy (non-hydrogen) atoms. The second kappa shape index (κ2) is 10.6. The summed E-state index contributed by atoms with van der Waals surface area (Å²) in [6, 6.07) is 8.05. The average Bonchev–Trinajstić information content (AvgIpc) is 2.79. The zero-order chi connectivity index (χ0) is 24.2. The van der Waals surface area contributed by atoms with E-state index in [-0.39, 0.29) is 36.2 Å². The number of pyridine rings is 2. The van der Waals surface area contributed by atoms with Crippen LogP contribution in [0.15, 0.2) is 49.1 Å². The molecule has 0 saturated carbocycles. The molecule has 2 aromatic rings. The molecule has 2 aliphatic heterocycles. The van der Waals surface area contributed by atoms with E-state index in [9.17, 15) is 9.59 Å². The van der Waals surface area contributed by atoms with Gasteiger partial charge >= 0.3 is 0 Å². The molecule has 2 saturated heterocycles. The van der Waals surface area contributed by atoms with Crippen LogP contribution in [-0.2, 0) is 32.2 Å². The number of aromatic nitrogens is 2. The largest absolute Gasteiger partial charge is 0.372 e. The van der Waals surface area contributed by atoms with Gasteiger partial charge in [-0.1, -0.05) is 0 Å². The van der Waals surface area contributed by atoms with Crippen molar-refractivity contribution in [1.29, 1.82) is 0 Å². The van der Waals surface area contributed by atoms with Gasteiger partial charge in [-0.25, -0.2) is 0 Å². The first-order chi connectivity index (χ1) is 16.3. The normalized spacial score (nSPS) is 25.3. The van der Waals surface area contributed by atoms with Crippen molar-refractivity contribution < 1.29 is 28.2 Å². The summed E-state index contributed by atoms with van der Waals surface area (Å²) in [6.45, 7) is 11.2. The van der Waals surface area contributed by atoms with Gasteiger partial charge < -0.3 is 19.3 Å². The van der Waals surface area contributed by atoms with E-state index in [0.717, 1.165) is 11.1 Å². The fourth-order valence-corrected chi connectivity index (χ4v) is 4.79. The molecular weight excluding hydrogens is 432 g/mol. The predicted molar refractivity (Wildman–Crippen MR) is 125 cm³/mol. The Hall–Kier alpha value is -2.84. The Morgan fingerprint density at radius 3 is 1.26 bits per heavy atom. The van der Waals surface area contributed by atoms with Crippen LogP contribution in [-0.4, -0.2) is 72.2 Å². The number of carbonyl (C=O) groups excluding carboxylic acids is 2. The van der Waals surface area contributed by atoms with Crippen molar-refractivity contribution in [2.24, 2.45) is 0 Å². The van der Waals surface area contributed by atoms with E-state index in [1.807, 2.05) is 95.7 Å². The van der Waals surface area contributed by atoms with Crippen molar-refractivity contribution in [3.05, 3.63) is 49.1 Å². The van der Waals surface area contributed by atoms with Crippen LogP contribution in [0.3, 0.4) is 0 Å². The zero-order valence-electron chi connectivity index (χ0n) is 20.6. The van der Waals surface area contributed by atoms with E-state index in [0.29, 0.717) is 39.3 Å². The molecule has 182 valence electrons. The van der Waals surface area contributed by atoms with Crippen LogP contribution in [0.25, 0.3) is 11.1 Å². The number of ether oxygens (including phenoxy) is 2. The molecule has 4 rings (SSSR count). The molecule has 0 aromatic carbocycles. The highest BCUT2D eigenvalue weighted by Crippen LogP contribution is 2.16. The minimum Gasteiger partial charge on any atom is -0.372 e. The average molecular weight is 469 g/mol. The molecule has 2 fully saturated rings.